The molecular formula is C22H29NO. The maximum Gasteiger partial charge on any atom is 0.227 e. The van der Waals surface area contributed by atoms with Gasteiger partial charge in [-0.25, -0.2) is 0 Å². The fourth-order valence-corrected chi connectivity index (χ4v) is 3.07. The molecular weight excluding hydrogens is 294 g/mol. The van der Waals surface area contributed by atoms with E-state index in [2.05, 4.69) is 50.4 Å². The van der Waals surface area contributed by atoms with Crippen molar-refractivity contribution < 1.29 is 4.79 Å². The number of hydrogen-bond acceptors (Lipinski definition) is 1. The lowest BCUT2D eigenvalue weighted by Gasteiger charge is -2.19. The summed E-state index contributed by atoms with van der Waals surface area (Å²) in [5.74, 6) is 0.0557. The van der Waals surface area contributed by atoms with Gasteiger partial charge >= 0.3 is 0 Å². The van der Waals surface area contributed by atoms with E-state index >= 15 is 0 Å². The summed E-state index contributed by atoms with van der Waals surface area (Å²) in [7, 11) is 0. The summed E-state index contributed by atoms with van der Waals surface area (Å²) in [6.07, 6.45) is 3.66. The van der Waals surface area contributed by atoms with Crippen LogP contribution in [0.5, 0.6) is 0 Å². The summed E-state index contributed by atoms with van der Waals surface area (Å²) in [4.78, 5) is 12.7. The number of hydrogen-bond donors (Lipinski definition) is 1. The lowest BCUT2D eigenvalue weighted by molar-refractivity contribution is -0.119. The first-order chi connectivity index (χ1) is 11.6. The number of anilines is 1. The zero-order valence-corrected chi connectivity index (χ0v) is 15.4. The first-order valence-electron chi connectivity index (χ1n) is 9.08. The standard InChI is InChI=1S/C22H29NO/c1-5-17-14-19(6-2)21(20(7-3)15-17)23-22(24)16(4)13-18-11-9-8-10-12-18/h8-12,14-16H,5-7,13H2,1-4H3,(H,23,24)/t16-/m1/s1. The Hall–Kier alpha value is -2.09. The van der Waals surface area contributed by atoms with Crippen molar-refractivity contribution in [2.24, 2.45) is 5.92 Å². The summed E-state index contributed by atoms with van der Waals surface area (Å²) < 4.78 is 0. The minimum Gasteiger partial charge on any atom is -0.325 e. The molecule has 1 atom stereocenters. The molecule has 0 saturated carbocycles. The Bertz CT molecular complexity index is 651. The molecule has 0 aliphatic heterocycles. The van der Waals surface area contributed by atoms with E-state index in [-0.39, 0.29) is 11.8 Å². The number of benzene rings is 2. The van der Waals surface area contributed by atoms with Crippen molar-refractivity contribution in [2.75, 3.05) is 5.32 Å². The number of carbonyl (C=O) groups is 1. The van der Waals surface area contributed by atoms with Gasteiger partial charge in [0.15, 0.2) is 0 Å². The average molecular weight is 323 g/mol. The lowest BCUT2D eigenvalue weighted by atomic mass is 9.96. The zero-order valence-electron chi connectivity index (χ0n) is 15.4. The molecule has 2 heteroatoms. The maximum absolute atomic E-state index is 12.7. The molecule has 2 nitrogen and oxygen atoms in total. The van der Waals surface area contributed by atoms with E-state index in [1.807, 2.05) is 25.1 Å². The zero-order chi connectivity index (χ0) is 17.5. The summed E-state index contributed by atoms with van der Waals surface area (Å²) in [5, 5.41) is 3.21. The van der Waals surface area contributed by atoms with Crippen LogP contribution in [0.25, 0.3) is 0 Å². The molecule has 0 aliphatic rings. The number of amides is 1. The van der Waals surface area contributed by atoms with Crippen LogP contribution in [0.3, 0.4) is 0 Å². The van der Waals surface area contributed by atoms with Crippen molar-refractivity contribution >= 4 is 11.6 Å². The summed E-state index contributed by atoms with van der Waals surface area (Å²) in [6.45, 7) is 8.48. The van der Waals surface area contributed by atoms with Gasteiger partial charge in [-0.15, -0.1) is 0 Å². The van der Waals surface area contributed by atoms with Gasteiger partial charge in [0, 0.05) is 11.6 Å². The first kappa shape index (κ1) is 18.3. The second-order valence-electron chi connectivity index (χ2n) is 6.43. The Morgan fingerprint density at radius 1 is 0.917 bits per heavy atom. The normalized spacial score (nSPS) is 12.0. The highest BCUT2D eigenvalue weighted by atomic mass is 16.1. The molecule has 0 aromatic heterocycles. The van der Waals surface area contributed by atoms with Crippen molar-refractivity contribution in [3.63, 3.8) is 0 Å². The molecule has 0 radical (unpaired) electrons. The lowest BCUT2D eigenvalue weighted by Crippen LogP contribution is -2.23. The van der Waals surface area contributed by atoms with Crippen LogP contribution in [0, 0.1) is 5.92 Å². The fraction of sp³-hybridized carbons (Fsp3) is 0.409. The molecule has 0 fully saturated rings. The minimum absolute atomic E-state index is 0.0485. The molecule has 2 aromatic carbocycles. The highest BCUT2D eigenvalue weighted by Crippen LogP contribution is 2.26. The Morgan fingerprint density at radius 3 is 2.00 bits per heavy atom. The van der Waals surface area contributed by atoms with Gasteiger partial charge in [0.1, 0.15) is 0 Å². The molecule has 2 aromatic rings. The Labute approximate surface area is 146 Å². The maximum atomic E-state index is 12.7. The molecule has 0 spiro atoms. The number of nitrogens with one attached hydrogen (secondary N) is 1. The van der Waals surface area contributed by atoms with E-state index in [1.165, 1.54) is 22.3 Å². The van der Waals surface area contributed by atoms with Crippen molar-refractivity contribution in [1.29, 1.82) is 0 Å². The van der Waals surface area contributed by atoms with E-state index in [1.54, 1.807) is 0 Å². The summed E-state index contributed by atoms with van der Waals surface area (Å²) >= 11 is 0. The van der Waals surface area contributed by atoms with E-state index < -0.39 is 0 Å². The topological polar surface area (TPSA) is 29.1 Å². The average Bonchev–Trinajstić information content (AvgIpc) is 2.62. The van der Waals surface area contributed by atoms with Crippen LogP contribution in [0.4, 0.5) is 5.69 Å². The fourth-order valence-electron chi connectivity index (χ4n) is 3.07. The van der Waals surface area contributed by atoms with Crippen LogP contribution in [0.15, 0.2) is 42.5 Å². The van der Waals surface area contributed by atoms with Gasteiger partial charge in [-0.3, -0.25) is 4.79 Å². The van der Waals surface area contributed by atoms with Gasteiger partial charge in [-0.05, 0) is 47.9 Å². The van der Waals surface area contributed by atoms with Gasteiger partial charge in [-0.1, -0.05) is 70.2 Å². The highest BCUT2D eigenvalue weighted by molar-refractivity contribution is 5.94. The van der Waals surface area contributed by atoms with Crippen molar-refractivity contribution in [2.45, 2.75) is 53.4 Å². The second kappa shape index (κ2) is 8.68. The molecule has 24 heavy (non-hydrogen) atoms. The molecule has 0 unspecified atom stereocenters. The molecule has 1 amide bonds. The molecule has 0 saturated heterocycles. The summed E-state index contributed by atoms with van der Waals surface area (Å²) in [6, 6.07) is 14.7. The second-order valence-corrected chi connectivity index (χ2v) is 6.43. The smallest absolute Gasteiger partial charge is 0.227 e. The van der Waals surface area contributed by atoms with Crippen LogP contribution < -0.4 is 5.32 Å². The van der Waals surface area contributed by atoms with Crippen molar-refractivity contribution in [3.05, 3.63) is 64.7 Å². The molecule has 0 bridgehead atoms. The predicted molar refractivity (Wildman–Crippen MR) is 103 cm³/mol. The first-order valence-corrected chi connectivity index (χ1v) is 9.08. The molecule has 0 aliphatic carbocycles. The van der Waals surface area contributed by atoms with Crippen molar-refractivity contribution in [3.8, 4) is 0 Å². The van der Waals surface area contributed by atoms with Crippen LogP contribution in [-0.2, 0) is 30.5 Å². The van der Waals surface area contributed by atoms with E-state index in [4.69, 9.17) is 0 Å². The van der Waals surface area contributed by atoms with Crippen molar-refractivity contribution in [1.82, 2.24) is 0 Å². The highest BCUT2D eigenvalue weighted by Gasteiger charge is 2.17. The van der Waals surface area contributed by atoms with Gasteiger partial charge in [-0.2, -0.15) is 0 Å². The Balaban J connectivity index is 2.18. The SMILES string of the molecule is CCc1cc(CC)c(NC(=O)[C@H](C)Cc2ccccc2)c(CC)c1. The quantitative estimate of drug-likeness (QED) is 0.746. The third kappa shape index (κ3) is 4.47. The largest absolute Gasteiger partial charge is 0.325 e. The molecule has 0 heterocycles. The molecule has 2 rings (SSSR count). The van der Waals surface area contributed by atoms with E-state index in [0.29, 0.717) is 0 Å². The van der Waals surface area contributed by atoms with Crippen LogP contribution in [0.1, 0.15) is 49.9 Å². The third-order valence-corrected chi connectivity index (χ3v) is 4.61. The monoisotopic (exact) mass is 323 g/mol. The van der Waals surface area contributed by atoms with Crippen LogP contribution >= 0.6 is 0 Å². The number of carbonyl (C=O) groups excluding carboxylic acids is 1. The van der Waals surface area contributed by atoms with Gasteiger partial charge in [0.25, 0.3) is 0 Å². The van der Waals surface area contributed by atoms with Gasteiger partial charge in [0.05, 0.1) is 0 Å². The summed E-state index contributed by atoms with van der Waals surface area (Å²) in [5.41, 5.74) is 6.06. The predicted octanol–water partition coefficient (Wildman–Crippen LogP) is 5.19. The third-order valence-electron chi connectivity index (χ3n) is 4.61. The molecule has 1 N–H and O–H groups in total. The number of aryl methyl sites for hydroxylation is 3. The van der Waals surface area contributed by atoms with E-state index in [0.717, 1.165) is 31.4 Å². The minimum atomic E-state index is -0.0485. The van der Waals surface area contributed by atoms with E-state index in [9.17, 15) is 4.79 Å². The van der Waals surface area contributed by atoms with Crippen LogP contribution in [-0.4, -0.2) is 5.91 Å². The number of rotatable bonds is 7. The Morgan fingerprint density at radius 2 is 1.50 bits per heavy atom. The van der Waals surface area contributed by atoms with Crippen LogP contribution in [0.2, 0.25) is 0 Å². The van der Waals surface area contributed by atoms with Gasteiger partial charge in [0.2, 0.25) is 5.91 Å². The van der Waals surface area contributed by atoms with Gasteiger partial charge < -0.3 is 5.32 Å². The molecule has 128 valence electrons. The Kier molecular flexibility index (Phi) is 6.60.